The fourth-order valence-electron chi connectivity index (χ4n) is 3.33. The lowest BCUT2D eigenvalue weighted by atomic mass is 10.1. The Kier molecular flexibility index (Phi) is 9.81. The number of hydrogen-bond donors (Lipinski definition) is 0. The van der Waals surface area contributed by atoms with Gasteiger partial charge in [0.05, 0.1) is 0 Å². The van der Waals surface area contributed by atoms with Crippen LogP contribution in [0.1, 0.15) is 16.7 Å². The quantitative estimate of drug-likeness (QED) is 0.181. The maximum Gasteiger partial charge on any atom is 0.446 e. The van der Waals surface area contributed by atoms with Gasteiger partial charge in [-0.25, -0.2) is 0 Å². The Balaban J connectivity index is 1.76. The van der Waals surface area contributed by atoms with Crippen LogP contribution in [0.4, 0.5) is 39.5 Å². The molecule has 0 unspecified atom stereocenters. The van der Waals surface area contributed by atoms with Gasteiger partial charge in [0, 0.05) is 34.3 Å². The summed E-state index contributed by atoms with van der Waals surface area (Å²) in [6, 6.07) is 17.4. The van der Waals surface area contributed by atoms with E-state index < -0.39 is 16.5 Å². The molecule has 0 aliphatic carbocycles. The van der Waals surface area contributed by atoms with Crippen molar-refractivity contribution in [3.05, 3.63) is 89.5 Å². The zero-order valence-corrected chi connectivity index (χ0v) is 21.1. The maximum absolute atomic E-state index is 12.6. The lowest BCUT2D eigenvalue weighted by Gasteiger charge is -2.23. The number of nitrogens with zero attached hydrogens (tertiary/aromatic N) is 1. The van der Waals surface area contributed by atoms with Crippen molar-refractivity contribution < 1.29 is 39.5 Å². The first kappa shape index (κ1) is 29.6. The van der Waals surface area contributed by atoms with Crippen molar-refractivity contribution in [2.45, 2.75) is 50.8 Å². The van der Waals surface area contributed by atoms with Crippen molar-refractivity contribution in [3.8, 4) is 0 Å². The van der Waals surface area contributed by atoms with Crippen LogP contribution in [0.25, 0.3) is 0 Å². The van der Waals surface area contributed by atoms with Crippen LogP contribution in [0, 0.1) is 0 Å². The molecule has 0 atom stereocenters. The minimum atomic E-state index is -4.42. The molecule has 0 heterocycles. The molecule has 0 radical (unpaired) electrons. The van der Waals surface area contributed by atoms with Crippen LogP contribution in [0.5, 0.6) is 0 Å². The van der Waals surface area contributed by atoms with E-state index in [4.69, 9.17) is 0 Å². The van der Waals surface area contributed by atoms with Crippen molar-refractivity contribution >= 4 is 35.3 Å². The van der Waals surface area contributed by atoms with E-state index in [0.717, 1.165) is 0 Å². The Hall–Kier alpha value is -1.96. The highest BCUT2D eigenvalue weighted by molar-refractivity contribution is 8.00. The van der Waals surface area contributed by atoms with Crippen LogP contribution in [-0.2, 0) is 19.6 Å². The molecule has 3 aromatic carbocycles. The topological polar surface area (TPSA) is 3.24 Å². The molecular formula is C24H18F9NS3. The van der Waals surface area contributed by atoms with Gasteiger partial charge in [0.15, 0.2) is 0 Å². The summed E-state index contributed by atoms with van der Waals surface area (Å²) in [5, 5.41) is 0. The van der Waals surface area contributed by atoms with Crippen molar-refractivity contribution in [1.82, 2.24) is 4.90 Å². The summed E-state index contributed by atoms with van der Waals surface area (Å²) in [4.78, 5) is 1.97. The van der Waals surface area contributed by atoms with E-state index in [0.29, 0.717) is 16.7 Å². The number of halogens is 9. The molecule has 37 heavy (non-hydrogen) atoms. The Morgan fingerprint density at radius 3 is 0.811 bits per heavy atom. The molecule has 13 heteroatoms. The molecule has 0 aliphatic rings. The monoisotopic (exact) mass is 587 g/mol. The van der Waals surface area contributed by atoms with Gasteiger partial charge in [0.2, 0.25) is 0 Å². The third kappa shape index (κ3) is 11.5. The van der Waals surface area contributed by atoms with Gasteiger partial charge in [-0.2, -0.15) is 39.5 Å². The third-order valence-corrected chi connectivity index (χ3v) is 6.91. The highest BCUT2D eigenvalue weighted by Gasteiger charge is 2.30. The van der Waals surface area contributed by atoms with Gasteiger partial charge in [-0.15, -0.1) is 0 Å². The van der Waals surface area contributed by atoms with Gasteiger partial charge in [-0.1, -0.05) is 36.4 Å². The first-order valence-electron chi connectivity index (χ1n) is 10.4. The van der Waals surface area contributed by atoms with Crippen LogP contribution in [0.3, 0.4) is 0 Å². The van der Waals surface area contributed by atoms with Crippen molar-refractivity contribution in [3.63, 3.8) is 0 Å². The number of thioether (sulfide) groups is 3. The Labute approximate surface area is 219 Å². The molecule has 0 saturated carbocycles. The standard InChI is InChI=1S/C24H18F9NS3/c25-22(26,27)35-19-7-1-16(2-8-19)13-34(14-17-3-9-20(10-4-17)36-23(28,29)30)15-18-5-11-21(12-6-18)37-24(31,32)33/h1-12H,13-15H2. The molecular weight excluding hydrogens is 569 g/mol. The van der Waals surface area contributed by atoms with Crippen LogP contribution < -0.4 is 0 Å². The average molecular weight is 588 g/mol. The zero-order chi connectivity index (χ0) is 27.3. The minimum Gasteiger partial charge on any atom is -0.291 e. The first-order valence-corrected chi connectivity index (χ1v) is 12.8. The molecule has 1 nitrogen and oxygen atoms in total. The highest BCUT2D eigenvalue weighted by atomic mass is 32.2. The van der Waals surface area contributed by atoms with Gasteiger partial charge < -0.3 is 0 Å². The predicted molar refractivity (Wildman–Crippen MR) is 128 cm³/mol. The molecule has 0 aromatic heterocycles. The summed E-state index contributed by atoms with van der Waals surface area (Å²) in [7, 11) is 0. The summed E-state index contributed by atoms with van der Waals surface area (Å²) < 4.78 is 113. The minimum absolute atomic E-state index is 0.0262. The van der Waals surface area contributed by atoms with Crippen molar-refractivity contribution in [2.75, 3.05) is 0 Å². The van der Waals surface area contributed by atoms with Crippen LogP contribution >= 0.6 is 35.3 Å². The Morgan fingerprint density at radius 2 is 0.622 bits per heavy atom. The second kappa shape index (κ2) is 12.3. The number of hydrogen-bond acceptors (Lipinski definition) is 4. The Bertz CT molecular complexity index is 979. The molecule has 0 spiro atoms. The number of alkyl halides is 9. The fraction of sp³-hybridized carbons (Fsp3) is 0.250. The largest absolute Gasteiger partial charge is 0.446 e. The highest BCUT2D eigenvalue weighted by Crippen LogP contribution is 2.38. The predicted octanol–water partition coefficient (Wildman–Crippen LogP) is 9.72. The molecule has 0 bridgehead atoms. The van der Waals surface area contributed by atoms with Gasteiger partial charge in [0.25, 0.3) is 0 Å². The van der Waals surface area contributed by atoms with Crippen LogP contribution in [0.15, 0.2) is 87.5 Å². The van der Waals surface area contributed by atoms with Gasteiger partial charge in [-0.05, 0) is 88.4 Å². The lowest BCUT2D eigenvalue weighted by Crippen LogP contribution is -2.22. The molecule has 0 fully saturated rings. The average Bonchev–Trinajstić information content (AvgIpc) is 2.75. The number of rotatable bonds is 9. The third-order valence-electron chi connectivity index (χ3n) is 4.69. The second-order valence-corrected chi connectivity index (χ2v) is 11.1. The SMILES string of the molecule is FC(F)(F)Sc1ccc(CN(Cc2ccc(SC(F)(F)F)cc2)Cc2ccc(SC(F)(F)F)cc2)cc1. The fourth-order valence-corrected chi connectivity index (χ4v) is 4.95. The van der Waals surface area contributed by atoms with E-state index in [1.165, 1.54) is 36.4 Å². The molecule has 3 aromatic rings. The second-order valence-electron chi connectivity index (χ2n) is 7.72. The summed E-state index contributed by atoms with van der Waals surface area (Å²) in [5.74, 6) is 0. The summed E-state index contributed by atoms with van der Waals surface area (Å²) >= 11 is -0.702. The van der Waals surface area contributed by atoms with E-state index in [1.54, 1.807) is 36.4 Å². The molecule has 200 valence electrons. The molecule has 0 amide bonds. The van der Waals surface area contributed by atoms with Crippen molar-refractivity contribution in [1.29, 1.82) is 0 Å². The first-order chi connectivity index (χ1) is 17.1. The Morgan fingerprint density at radius 1 is 0.405 bits per heavy atom. The van der Waals surface area contributed by atoms with Crippen LogP contribution in [-0.4, -0.2) is 21.4 Å². The summed E-state index contributed by atoms with van der Waals surface area (Å²) in [6.07, 6.45) is 0. The zero-order valence-electron chi connectivity index (χ0n) is 18.6. The summed E-state index contributed by atoms with van der Waals surface area (Å²) in [6.45, 7) is 0.860. The van der Waals surface area contributed by atoms with E-state index in [-0.39, 0.29) is 69.6 Å². The molecule has 0 aliphatic heterocycles. The smallest absolute Gasteiger partial charge is 0.291 e. The van der Waals surface area contributed by atoms with Gasteiger partial charge in [0.1, 0.15) is 0 Å². The normalized spacial score (nSPS) is 12.8. The molecule has 0 saturated heterocycles. The van der Waals surface area contributed by atoms with Crippen LogP contribution in [0.2, 0.25) is 0 Å². The van der Waals surface area contributed by atoms with E-state index in [2.05, 4.69) is 0 Å². The van der Waals surface area contributed by atoms with Gasteiger partial charge >= 0.3 is 16.5 Å². The van der Waals surface area contributed by atoms with E-state index in [9.17, 15) is 39.5 Å². The van der Waals surface area contributed by atoms with Gasteiger partial charge in [-0.3, -0.25) is 4.90 Å². The molecule has 0 N–H and O–H groups in total. The van der Waals surface area contributed by atoms with E-state index in [1.807, 2.05) is 4.90 Å². The number of benzene rings is 3. The lowest BCUT2D eigenvalue weighted by molar-refractivity contribution is -0.0337. The molecule has 3 rings (SSSR count). The summed E-state index contributed by atoms with van der Waals surface area (Å²) in [5.41, 5.74) is -11.2. The van der Waals surface area contributed by atoms with E-state index >= 15 is 0 Å². The maximum atomic E-state index is 12.6. The van der Waals surface area contributed by atoms with Crippen molar-refractivity contribution in [2.24, 2.45) is 0 Å².